The highest BCUT2D eigenvalue weighted by atomic mass is 32.1. The first-order valence-electron chi connectivity index (χ1n) is 14.3. The predicted octanol–water partition coefficient (Wildman–Crippen LogP) is 5.59. The molecule has 0 bridgehead atoms. The fourth-order valence-electron chi connectivity index (χ4n) is 5.52. The van der Waals surface area contributed by atoms with Crippen molar-refractivity contribution in [2.75, 3.05) is 24.7 Å². The van der Waals surface area contributed by atoms with Gasteiger partial charge in [0.2, 0.25) is 11.8 Å². The Bertz CT molecular complexity index is 1120. The van der Waals surface area contributed by atoms with Crippen molar-refractivity contribution in [1.82, 2.24) is 10.6 Å². The number of fused-ring (bicyclic) bond motifs is 2. The Morgan fingerprint density at radius 3 is 1.38 bits per heavy atom. The molecule has 0 unspecified atom stereocenters. The van der Waals surface area contributed by atoms with Crippen molar-refractivity contribution >= 4 is 56.3 Å². The van der Waals surface area contributed by atoms with Gasteiger partial charge in [-0.05, 0) is 75.3 Å². The number of nitrogens with one attached hydrogen (secondary N) is 4. The van der Waals surface area contributed by atoms with E-state index in [4.69, 9.17) is 0 Å². The summed E-state index contributed by atoms with van der Waals surface area (Å²) in [5.41, 5.74) is 3.50. The summed E-state index contributed by atoms with van der Waals surface area (Å²) in [6.45, 7) is 0. The van der Waals surface area contributed by atoms with Crippen LogP contribution in [0.4, 0.5) is 10.0 Å². The molecule has 10 heteroatoms. The van der Waals surface area contributed by atoms with E-state index in [-0.39, 0.29) is 23.6 Å². The Kier molecular flexibility index (Phi) is 10.6. The van der Waals surface area contributed by atoms with Crippen molar-refractivity contribution in [2.24, 2.45) is 0 Å². The van der Waals surface area contributed by atoms with Gasteiger partial charge in [-0.3, -0.25) is 19.2 Å². The van der Waals surface area contributed by atoms with E-state index in [1.165, 1.54) is 9.75 Å². The molecule has 39 heavy (non-hydrogen) atoms. The van der Waals surface area contributed by atoms with Crippen LogP contribution in [0.1, 0.15) is 112 Å². The maximum atomic E-state index is 12.6. The summed E-state index contributed by atoms with van der Waals surface area (Å²) in [6.07, 6.45) is 13.3. The Labute approximate surface area is 238 Å². The number of rotatable bonds is 12. The third kappa shape index (κ3) is 7.28. The predicted molar refractivity (Wildman–Crippen MR) is 158 cm³/mol. The molecule has 4 N–H and O–H groups in total. The number of unbranched alkanes of at least 4 members (excludes halogenated alkanes) is 4. The van der Waals surface area contributed by atoms with Crippen molar-refractivity contribution in [3.05, 3.63) is 32.0 Å². The summed E-state index contributed by atoms with van der Waals surface area (Å²) >= 11 is 3.09. The first kappa shape index (κ1) is 29.3. The van der Waals surface area contributed by atoms with Gasteiger partial charge in [0.15, 0.2) is 0 Å². The molecule has 0 aromatic carbocycles. The summed E-state index contributed by atoms with van der Waals surface area (Å²) in [5.74, 6) is -0.359. The molecule has 2 aromatic heterocycles. The van der Waals surface area contributed by atoms with Gasteiger partial charge >= 0.3 is 0 Å². The van der Waals surface area contributed by atoms with E-state index < -0.39 is 0 Å². The van der Waals surface area contributed by atoms with Crippen molar-refractivity contribution < 1.29 is 19.2 Å². The number of anilines is 2. The molecular weight excluding hydrogens is 532 g/mol. The maximum absolute atomic E-state index is 12.6. The third-order valence-corrected chi connectivity index (χ3v) is 9.98. The second-order valence-corrected chi connectivity index (χ2v) is 12.6. The average Bonchev–Trinajstić information content (AvgIpc) is 3.48. The van der Waals surface area contributed by atoms with Crippen molar-refractivity contribution in [1.29, 1.82) is 0 Å². The van der Waals surface area contributed by atoms with E-state index in [0.29, 0.717) is 34.0 Å². The normalized spacial score (nSPS) is 14.2. The zero-order valence-corrected chi connectivity index (χ0v) is 24.7. The van der Waals surface area contributed by atoms with Crippen LogP contribution in [0.3, 0.4) is 0 Å². The van der Waals surface area contributed by atoms with Gasteiger partial charge in [0.1, 0.15) is 10.0 Å². The van der Waals surface area contributed by atoms with E-state index >= 15 is 0 Å². The molecule has 0 saturated heterocycles. The summed E-state index contributed by atoms with van der Waals surface area (Å²) < 4.78 is 0. The van der Waals surface area contributed by atoms with Crippen LogP contribution in [0.2, 0.25) is 0 Å². The zero-order chi connectivity index (χ0) is 27.8. The molecule has 8 nitrogen and oxygen atoms in total. The highest BCUT2D eigenvalue weighted by Crippen LogP contribution is 2.39. The number of aryl methyl sites for hydroxylation is 2. The van der Waals surface area contributed by atoms with Gasteiger partial charge in [-0.15, -0.1) is 22.7 Å². The van der Waals surface area contributed by atoms with Crippen LogP contribution in [-0.4, -0.2) is 37.7 Å². The number of thiophene rings is 2. The number of amides is 4. The minimum absolute atomic E-state index is 0.0521. The topological polar surface area (TPSA) is 116 Å². The number of hydrogen-bond acceptors (Lipinski definition) is 6. The second kappa shape index (κ2) is 14.1. The first-order chi connectivity index (χ1) is 18.9. The minimum atomic E-state index is -0.128. The van der Waals surface area contributed by atoms with Gasteiger partial charge < -0.3 is 21.3 Å². The molecule has 2 heterocycles. The van der Waals surface area contributed by atoms with Gasteiger partial charge in [-0.25, -0.2) is 0 Å². The van der Waals surface area contributed by atoms with E-state index in [0.717, 1.165) is 94.6 Å². The third-order valence-electron chi connectivity index (χ3n) is 7.56. The monoisotopic (exact) mass is 572 g/mol. The van der Waals surface area contributed by atoms with Crippen molar-refractivity contribution in [3.63, 3.8) is 0 Å². The molecule has 4 amide bonds. The molecule has 2 aliphatic rings. The van der Waals surface area contributed by atoms with Crippen LogP contribution in [0.15, 0.2) is 0 Å². The fraction of sp³-hybridized carbons (Fsp3) is 0.586. The average molecular weight is 573 g/mol. The first-order valence-corrected chi connectivity index (χ1v) is 15.9. The van der Waals surface area contributed by atoms with E-state index in [1.807, 2.05) is 0 Å². The Hall–Kier alpha value is -2.72. The quantitative estimate of drug-likeness (QED) is 0.248. The van der Waals surface area contributed by atoms with Crippen LogP contribution in [0.5, 0.6) is 0 Å². The van der Waals surface area contributed by atoms with Gasteiger partial charge in [-0.2, -0.15) is 0 Å². The van der Waals surface area contributed by atoms with Crippen molar-refractivity contribution in [3.8, 4) is 0 Å². The summed E-state index contributed by atoms with van der Waals surface area (Å²) in [7, 11) is 3.25. The summed E-state index contributed by atoms with van der Waals surface area (Å²) in [5, 5.41) is 12.8. The Balaban J connectivity index is 1.16. The van der Waals surface area contributed by atoms with E-state index in [2.05, 4.69) is 21.3 Å². The van der Waals surface area contributed by atoms with Gasteiger partial charge in [0.05, 0.1) is 11.1 Å². The highest BCUT2D eigenvalue weighted by Gasteiger charge is 2.27. The molecule has 0 saturated carbocycles. The molecule has 0 spiro atoms. The van der Waals surface area contributed by atoms with Gasteiger partial charge in [0, 0.05) is 36.7 Å². The molecule has 212 valence electrons. The van der Waals surface area contributed by atoms with Crippen molar-refractivity contribution in [2.45, 2.75) is 96.3 Å². The highest BCUT2D eigenvalue weighted by molar-refractivity contribution is 7.17. The summed E-state index contributed by atoms with van der Waals surface area (Å²) in [4.78, 5) is 52.6. The summed E-state index contributed by atoms with van der Waals surface area (Å²) in [6, 6.07) is 0. The van der Waals surface area contributed by atoms with Crippen LogP contribution >= 0.6 is 22.7 Å². The fourth-order valence-corrected chi connectivity index (χ4v) is 8.12. The lowest BCUT2D eigenvalue weighted by Gasteiger charge is -2.12. The van der Waals surface area contributed by atoms with Crippen LogP contribution in [0, 0.1) is 0 Å². The lowest BCUT2D eigenvalue weighted by atomic mass is 9.95. The van der Waals surface area contributed by atoms with Crippen LogP contribution < -0.4 is 21.3 Å². The lowest BCUT2D eigenvalue weighted by molar-refractivity contribution is -0.117. The molecule has 0 fully saturated rings. The zero-order valence-electron chi connectivity index (χ0n) is 23.1. The largest absolute Gasteiger partial charge is 0.355 e. The van der Waals surface area contributed by atoms with Gasteiger partial charge in [0.25, 0.3) is 11.8 Å². The molecular formula is C29H40N4O4S2. The number of carbonyl (C=O) groups is 4. The molecule has 0 radical (unpaired) electrons. The SMILES string of the molecule is CNC(=O)c1c(NC(=O)CCCCCCCC(=O)Nc2sc3c(c2C(=O)NC)CCCC3)sc2c1CCCC2. The van der Waals surface area contributed by atoms with E-state index in [9.17, 15) is 19.2 Å². The Morgan fingerprint density at radius 1 is 0.590 bits per heavy atom. The number of hydrogen-bond donors (Lipinski definition) is 4. The second-order valence-electron chi connectivity index (χ2n) is 10.4. The molecule has 0 aliphatic heterocycles. The smallest absolute Gasteiger partial charge is 0.254 e. The molecule has 2 aromatic rings. The van der Waals surface area contributed by atoms with Crippen LogP contribution in [-0.2, 0) is 35.3 Å². The van der Waals surface area contributed by atoms with Crippen LogP contribution in [0.25, 0.3) is 0 Å². The number of carbonyl (C=O) groups excluding carboxylic acids is 4. The molecule has 2 aliphatic carbocycles. The molecule has 4 rings (SSSR count). The maximum Gasteiger partial charge on any atom is 0.254 e. The van der Waals surface area contributed by atoms with E-state index in [1.54, 1.807) is 36.8 Å². The lowest BCUT2D eigenvalue weighted by Crippen LogP contribution is -2.22. The molecule has 0 atom stereocenters. The van der Waals surface area contributed by atoms with Gasteiger partial charge in [-0.1, -0.05) is 19.3 Å². The standard InChI is InChI=1S/C29H40N4O4S2/c1-30-26(36)24-18-12-8-10-14-20(18)38-28(24)32-22(34)16-6-4-3-5-7-17-23(35)33-29-25(27(37)31-2)19-13-9-11-15-21(19)39-29/h3-17H2,1-2H3,(H,30,36)(H,31,37)(H,32,34)(H,33,35). The Morgan fingerprint density at radius 2 is 0.974 bits per heavy atom. The minimum Gasteiger partial charge on any atom is -0.355 e.